The Morgan fingerprint density at radius 3 is 2.67 bits per heavy atom. The third-order valence-corrected chi connectivity index (χ3v) is 2.95. The molecule has 5 heteroatoms. The molecule has 5 nitrogen and oxygen atoms in total. The van der Waals surface area contributed by atoms with Crippen molar-refractivity contribution in [1.29, 1.82) is 0 Å². The summed E-state index contributed by atoms with van der Waals surface area (Å²) < 4.78 is 4.80. The number of ether oxygens (including phenoxy) is 1. The SMILES string of the molecule is CCOC(=O)Nc1ccc(Nc2ccccc2CC)cn1. The van der Waals surface area contributed by atoms with Gasteiger partial charge in [-0.15, -0.1) is 0 Å². The van der Waals surface area contributed by atoms with Crippen molar-refractivity contribution in [2.24, 2.45) is 0 Å². The van der Waals surface area contributed by atoms with E-state index in [1.807, 2.05) is 24.3 Å². The summed E-state index contributed by atoms with van der Waals surface area (Å²) in [6.45, 7) is 4.20. The van der Waals surface area contributed by atoms with Crippen molar-refractivity contribution in [3.8, 4) is 0 Å². The molecule has 1 aromatic carbocycles. The minimum Gasteiger partial charge on any atom is -0.450 e. The number of nitrogens with one attached hydrogen (secondary N) is 2. The highest BCUT2D eigenvalue weighted by atomic mass is 16.5. The summed E-state index contributed by atoms with van der Waals surface area (Å²) in [4.78, 5) is 15.5. The van der Waals surface area contributed by atoms with E-state index in [1.165, 1.54) is 5.56 Å². The third-order valence-electron chi connectivity index (χ3n) is 2.95. The molecule has 1 amide bonds. The predicted molar refractivity (Wildman–Crippen MR) is 84.0 cm³/mol. The lowest BCUT2D eigenvalue weighted by Crippen LogP contribution is -2.14. The van der Waals surface area contributed by atoms with E-state index in [4.69, 9.17) is 4.74 Å². The Morgan fingerprint density at radius 1 is 1.19 bits per heavy atom. The standard InChI is InChI=1S/C16H19N3O2/c1-3-12-7-5-6-8-14(12)18-13-9-10-15(17-11-13)19-16(20)21-4-2/h5-11,18H,3-4H2,1-2H3,(H,17,19,20). The van der Waals surface area contributed by atoms with Gasteiger partial charge in [-0.2, -0.15) is 0 Å². The maximum absolute atomic E-state index is 11.3. The molecule has 0 saturated carbocycles. The number of carbonyl (C=O) groups excluding carboxylic acids is 1. The Kier molecular flexibility index (Phi) is 5.15. The molecule has 0 bridgehead atoms. The van der Waals surface area contributed by atoms with Crippen LogP contribution in [0.3, 0.4) is 0 Å². The number of carbonyl (C=O) groups is 1. The van der Waals surface area contributed by atoms with Crippen LogP contribution in [0.25, 0.3) is 0 Å². The maximum atomic E-state index is 11.3. The first-order valence-electron chi connectivity index (χ1n) is 6.97. The van der Waals surface area contributed by atoms with Crippen LogP contribution in [-0.4, -0.2) is 17.7 Å². The Hall–Kier alpha value is -2.56. The summed E-state index contributed by atoms with van der Waals surface area (Å²) in [7, 11) is 0. The first-order chi connectivity index (χ1) is 10.2. The Morgan fingerprint density at radius 2 is 2.00 bits per heavy atom. The number of para-hydroxylation sites is 1. The van der Waals surface area contributed by atoms with Gasteiger partial charge >= 0.3 is 6.09 Å². The molecule has 0 aliphatic rings. The van der Waals surface area contributed by atoms with Gasteiger partial charge in [0, 0.05) is 5.69 Å². The predicted octanol–water partition coefficient (Wildman–Crippen LogP) is 3.96. The summed E-state index contributed by atoms with van der Waals surface area (Å²) in [5.41, 5.74) is 3.17. The van der Waals surface area contributed by atoms with Gasteiger partial charge in [0.25, 0.3) is 0 Å². The summed E-state index contributed by atoms with van der Waals surface area (Å²) in [5.74, 6) is 0.461. The molecule has 0 fully saturated rings. The van der Waals surface area contributed by atoms with Crippen LogP contribution in [0.2, 0.25) is 0 Å². The van der Waals surface area contributed by atoms with Crippen molar-refractivity contribution in [1.82, 2.24) is 4.98 Å². The van der Waals surface area contributed by atoms with Crippen molar-refractivity contribution < 1.29 is 9.53 Å². The minimum atomic E-state index is -0.498. The largest absolute Gasteiger partial charge is 0.450 e. The van der Waals surface area contributed by atoms with Crippen molar-refractivity contribution in [2.75, 3.05) is 17.2 Å². The number of benzene rings is 1. The zero-order chi connectivity index (χ0) is 15.1. The molecule has 0 radical (unpaired) electrons. The molecule has 0 spiro atoms. The van der Waals surface area contributed by atoms with E-state index in [0.717, 1.165) is 17.8 Å². The fourth-order valence-electron chi connectivity index (χ4n) is 1.92. The highest BCUT2D eigenvalue weighted by Gasteiger charge is 2.04. The molecule has 2 aromatic rings. The Balaban J connectivity index is 2.04. The van der Waals surface area contributed by atoms with Crippen molar-refractivity contribution in [3.63, 3.8) is 0 Å². The van der Waals surface area contributed by atoms with E-state index >= 15 is 0 Å². The van der Waals surface area contributed by atoms with Gasteiger partial charge in [0.2, 0.25) is 0 Å². The van der Waals surface area contributed by atoms with Gasteiger partial charge < -0.3 is 10.1 Å². The summed E-state index contributed by atoms with van der Waals surface area (Å²) in [5, 5.41) is 5.88. The fourth-order valence-corrected chi connectivity index (χ4v) is 1.92. The summed E-state index contributed by atoms with van der Waals surface area (Å²) in [6.07, 6.45) is 2.13. The number of anilines is 3. The molecule has 2 rings (SSSR count). The van der Waals surface area contributed by atoms with E-state index in [-0.39, 0.29) is 0 Å². The van der Waals surface area contributed by atoms with Crippen molar-refractivity contribution in [3.05, 3.63) is 48.2 Å². The summed E-state index contributed by atoms with van der Waals surface area (Å²) >= 11 is 0. The van der Waals surface area contributed by atoms with Crippen LogP contribution < -0.4 is 10.6 Å². The van der Waals surface area contributed by atoms with Gasteiger partial charge in [-0.05, 0) is 37.1 Å². The molecule has 1 aromatic heterocycles. The number of rotatable bonds is 5. The van der Waals surface area contributed by atoms with Gasteiger partial charge in [-0.3, -0.25) is 5.32 Å². The van der Waals surface area contributed by atoms with E-state index in [0.29, 0.717) is 12.4 Å². The van der Waals surface area contributed by atoms with Crippen LogP contribution in [0, 0.1) is 0 Å². The second kappa shape index (κ2) is 7.28. The monoisotopic (exact) mass is 285 g/mol. The second-order valence-corrected chi connectivity index (χ2v) is 4.41. The molecule has 110 valence electrons. The molecule has 2 N–H and O–H groups in total. The number of amides is 1. The molecular formula is C16H19N3O2. The number of nitrogens with zero attached hydrogens (tertiary/aromatic N) is 1. The highest BCUT2D eigenvalue weighted by molar-refractivity contribution is 5.83. The fraction of sp³-hybridized carbons (Fsp3) is 0.250. The molecule has 1 heterocycles. The minimum absolute atomic E-state index is 0.333. The number of hydrogen-bond donors (Lipinski definition) is 2. The van der Waals surface area contributed by atoms with Crippen LogP contribution in [0.15, 0.2) is 42.6 Å². The Labute approximate surface area is 124 Å². The number of pyridine rings is 1. The number of aryl methyl sites for hydroxylation is 1. The quantitative estimate of drug-likeness (QED) is 0.873. The lowest BCUT2D eigenvalue weighted by atomic mass is 10.1. The van der Waals surface area contributed by atoms with Crippen molar-refractivity contribution >= 4 is 23.3 Å². The molecule has 0 aliphatic heterocycles. The van der Waals surface area contributed by atoms with Crippen LogP contribution in [0.5, 0.6) is 0 Å². The number of hydrogen-bond acceptors (Lipinski definition) is 4. The van der Waals surface area contributed by atoms with Crippen LogP contribution in [0.4, 0.5) is 22.0 Å². The molecule has 0 saturated heterocycles. The van der Waals surface area contributed by atoms with Gasteiger partial charge in [-0.25, -0.2) is 9.78 Å². The third kappa shape index (κ3) is 4.21. The van der Waals surface area contributed by atoms with Gasteiger partial charge in [0.15, 0.2) is 0 Å². The molecule has 21 heavy (non-hydrogen) atoms. The molecular weight excluding hydrogens is 266 g/mol. The maximum Gasteiger partial charge on any atom is 0.412 e. The van der Waals surface area contributed by atoms with E-state index < -0.39 is 6.09 Å². The molecule has 0 atom stereocenters. The lowest BCUT2D eigenvalue weighted by Gasteiger charge is -2.11. The zero-order valence-corrected chi connectivity index (χ0v) is 12.2. The lowest BCUT2D eigenvalue weighted by molar-refractivity contribution is 0.168. The van der Waals surface area contributed by atoms with Gasteiger partial charge in [0.1, 0.15) is 5.82 Å². The number of aromatic nitrogens is 1. The Bertz CT molecular complexity index is 597. The van der Waals surface area contributed by atoms with Gasteiger partial charge in [-0.1, -0.05) is 25.1 Å². The van der Waals surface area contributed by atoms with Crippen LogP contribution in [-0.2, 0) is 11.2 Å². The summed E-state index contributed by atoms with van der Waals surface area (Å²) in [6, 6.07) is 11.7. The molecule has 0 unspecified atom stereocenters. The highest BCUT2D eigenvalue weighted by Crippen LogP contribution is 2.21. The van der Waals surface area contributed by atoms with Gasteiger partial charge in [0.05, 0.1) is 18.5 Å². The molecule has 0 aliphatic carbocycles. The first kappa shape index (κ1) is 14.8. The average molecular weight is 285 g/mol. The zero-order valence-electron chi connectivity index (χ0n) is 12.2. The van der Waals surface area contributed by atoms with Crippen LogP contribution >= 0.6 is 0 Å². The normalized spacial score (nSPS) is 10.0. The second-order valence-electron chi connectivity index (χ2n) is 4.41. The van der Waals surface area contributed by atoms with Crippen LogP contribution in [0.1, 0.15) is 19.4 Å². The topological polar surface area (TPSA) is 63.2 Å². The first-order valence-corrected chi connectivity index (χ1v) is 6.97. The van der Waals surface area contributed by atoms with E-state index in [1.54, 1.807) is 19.2 Å². The van der Waals surface area contributed by atoms with Crippen molar-refractivity contribution in [2.45, 2.75) is 20.3 Å². The smallest absolute Gasteiger partial charge is 0.412 e. The average Bonchev–Trinajstić information content (AvgIpc) is 2.50. The van der Waals surface area contributed by atoms with E-state index in [2.05, 4.69) is 28.6 Å². The van der Waals surface area contributed by atoms with E-state index in [9.17, 15) is 4.79 Å².